The van der Waals surface area contributed by atoms with Gasteiger partial charge in [-0.2, -0.15) is 0 Å². The van der Waals surface area contributed by atoms with Crippen LogP contribution in [0.4, 0.5) is 0 Å². The van der Waals surface area contributed by atoms with Crippen molar-refractivity contribution in [3.05, 3.63) is 40.7 Å². The fraction of sp³-hybridized carbons (Fsp3) is 0.761. The molecule has 0 aliphatic heterocycles. The molecule has 0 saturated heterocycles. The molecule has 6 aliphatic carbocycles. The van der Waals surface area contributed by atoms with E-state index in [1.165, 1.54) is 5.57 Å². The van der Waals surface area contributed by atoms with Crippen molar-refractivity contribution in [1.29, 1.82) is 0 Å². The number of nitrogens with one attached hydrogen (secondary N) is 1. The highest BCUT2D eigenvalue weighted by Gasteiger charge is 2.70. The number of nitrogens with zero attached hydrogens (tertiary/aromatic N) is 1. The largest absolute Gasteiger partial charge is 0.481 e. The number of ketones is 1. The van der Waals surface area contributed by atoms with Gasteiger partial charge in [0.05, 0.1) is 11.8 Å². The van der Waals surface area contributed by atoms with E-state index in [4.69, 9.17) is 4.74 Å². The Morgan fingerprint density at radius 1 is 0.889 bits per heavy atom. The van der Waals surface area contributed by atoms with Crippen molar-refractivity contribution in [3.8, 4) is 0 Å². The first-order valence-corrected chi connectivity index (χ1v) is 21.0. The maximum absolute atomic E-state index is 14.0. The molecular weight excluding hydrogens is 677 g/mol. The third-order valence-corrected chi connectivity index (χ3v) is 17.6. The quantitative estimate of drug-likeness (QED) is 0.255. The number of carboxylic acid groups (broad SMARTS) is 1. The van der Waals surface area contributed by atoms with Crippen LogP contribution in [-0.2, 0) is 30.5 Å². The number of allylic oxidation sites excluding steroid dienone is 2. The smallest absolute Gasteiger partial charge is 0.309 e. The predicted octanol–water partition coefficient (Wildman–Crippen LogP) is 9.04. The van der Waals surface area contributed by atoms with E-state index >= 15 is 0 Å². The second-order valence-electron chi connectivity index (χ2n) is 21.0. The van der Waals surface area contributed by atoms with Crippen LogP contribution in [0, 0.1) is 74.9 Å². The summed E-state index contributed by atoms with van der Waals surface area (Å²) in [7, 11) is 0. The van der Waals surface area contributed by atoms with Crippen LogP contribution in [0.3, 0.4) is 0 Å². The highest BCUT2D eigenvalue weighted by atomic mass is 16.5. The first-order valence-electron chi connectivity index (χ1n) is 21.0. The van der Waals surface area contributed by atoms with Gasteiger partial charge in [0, 0.05) is 42.1 Å². The summed E-state index contributed by atoms with van der Waals surface area (Å²) in [6.07, 6.45) is 10.8. The number of hydrogen-bond donors (Lipinski definition) is 2. The summed E-state index contributed by atoms with van der Waals surface area (Å²) >= 11 is 0. The zero-order valence-electron chi connectivity index (χ0n) is 34.7. The van der Waals surface area contributed by atoms with Crippen LogP contribution < -0.4 is 5.32 Å². The van der Waals surface area contributed by atoms with Gasteiger partial charge < -0.3 is 15.2 Å². The molecule has 54 heavy (non-hydrogen) atoms. The van der Waals surface area contributed by atoms with Crippen LogP contribution >= 0.6 is 0 Å². The second-order valence-corrected chi connectivity index (χ2v) is 21.0. The number of rotatable bonds is 8. The van der Waals surface area contributed by atoms with Crippen LogP contribution in [0.5, 0.6) is 0 Å². The van der Waals surface area contributed by atoms with E-state index in [2.05, 4.69) is 58.8 Å². The molecule has 8 nitrogen and oxygen atoms in total. The Bertz CT molecular complexity index is 1760. The summed E-state index contributed by atoms with van der Waals surface area (Å²) < 4.78 is 6.41. The minimum atomic E-state index is -0.830. The normalized spacial score (nSPS) is 40.5. The lowest BCUT2D eigenvalue weighted by atomic mass is 9.33. The Kier molecular flexibility index (Phi) is 9.45. The van der Waals surface area contributed by atoms with Crippen molar-refractivity contribution < 1.29 is 29.0 Å². The number of aryl methyl sites for hydroxylation is 1. The van der Waals surface area contributed by atoms with Crippen molar-refractivity contribution in [1.82, 2.24) is 10.3 Å². The van der Waals surface area contributed by atoms with E-state index in [-0.39, 0.29) is 63.2 Å². The average molecular weight is 743 g/mol. The SMILES string of the molecule is Cc1ccc(CNC(=O)C[C@@]23CC[C@]4(C)[C@H](CC[C@@H]5[C@@]6(C)CC[C@H](OC(=O)[C@H]7C[C@@H](C(=O)O)C7(C)C)C(C)(C)[C@@H]6CC[C@]54C)C2=C(C(C)C)C(=O)C3)cn1. The van der Waals surface area contributed by atoms with Crippen LogP contribution in [-0.4, -0.2) is 39.8 Å². The van der Waals surface area contributed by atoms with E-state index < -0.39 is 22.7 Å². The standard InChI is InChI=1S/C46H66N2O6/c1-26(2)37-32(49)22-46(23-36(50)48-25-28-12-11-27(3)47-24-28)20-19-44(9)29(38(37)46)13-14-34-43(8)17-16-35(42(6,7)33(43)15-18-45(34,44)10)54-40(53)31-21-30(39(51)52)41(31,4)5/h11-12,24,26,29-31,33-35H,13-23,25H2,1-10H3,(H,48,50)(H,51,52)/t29-,30+,31-,33+,34-,35+,43+,44-,45-,46+/m1/s1. The van der Waals surface area contributed by atoms with Gasteiger partial charge in [-0.1, -0.05) is 74.0 Å². The summed E-state index contributed by atoms with van der Waals surface area (Å²) in [4.78, 5) is 57.6. The highest BCUT2D eigenvalue weighted by molar-refractivity contribution is 6.01. The zero-order chi connectivity index (χ0) is 39.4. The van der Waals surface area contributed by atoms with Gasteiger partial charge in [-0.05, 0) is 127 Å². The number of aliphatic carboxylic acids is 1. The average Bonchev–Trinajstić information content (AvgIpc) is 3.37. The third-order valence-electron chi connectivity index (χ3n) is 17.6. The maximum Gasteiger partial charge on any atom is 0.309 e. The molecule has 1 amide bonds. The van der Waals surface area contributed by atoms with E-state index in [0.29, 0.717) is 37.6 Å². The summed E-state index contributed by atoms with van der Waals surface area (Å²) in [5.74, 6) is -0.382. The minimum Gasteiger partial charge on any atom is -0.481 e. The molecule has 0 spiro atoms. The van der Waals surface area contributed by atoms with Gasteiger partial charge in [0.25, 0.3) is 0 Å². The molecule has 0 bridgehead atoms. The van der Waals surface area contributed by atoms with E-state index in [0.717, 1.165) is 68.2 Å². The lowest BCUT2D eigenvalue weighted by Crippen LogP contribution is -2.66. The molecule has 2 N–H and O–H groups in total. The van der Waals surface area contributed by atoms with Crippen molar-refractivity contribution in [2.75, 3.05) is 0 Å². The topological polar surface area (TPSA) is 123 Å². The Morgan fingerprint density at radius 2 is 1.61 bits per heavy atom. The molecule has 0 aromatic carbocycles. The molecule has 1 aromatic heterocycles. The molecule has 8 heteroatoms. The maximum atomic E-state index is 14.0. The number of aromatic nitrogens is 1. The van der Waals surface area contributed by atoms with Crippen LogP contribution in [0.2, 0.25) is 0 Å². The number of pyridine rings is 1. The molecule has 6 aliphatic rings. The van der Waals surface area contributed by atoms with Gasteiger partial charge in [0.15, 0.2) is 5.78 Å². The molecular formula is C46H66N2O6. The minimum absolute atomic E-state index is 0.00147. The molecule has 5 fully saturated rings. The predicted molar refractivity (Wildman–Crippen MR) is 208 cm³/mol. The molecule has 10 atom stereocenters. The van der Waals surface area contributed by atoms with E-state index in [1.54, 1.807) is 0 Å². The fourth-order valence-corrected chi connectivity index (χ4v) is 14.3. The summed E-state index contributed by atoms with van der Waals surface area (Å²) in [5.41, 5.74) is 3.18. The second kappa shape index (κ2) is 13.0. The number of carbonyl (C=O) groups is 4. The van der Waals surface area contributed by atoms with Gasteiger partial charge >= 0.3 is 11.9 Å². The van der Waals surface area contributed by atoms with Crippen molar-refractivity contribution in [2.24, 2.45) is 68.0 Å². The van der Waals surface area contributed by atoms with Crippen molar-refractivity contribution in [2.45, 2.75) is 153 Å². The Labute approximate surface area is 323 Å². The molecule has 296 valence electrons. The zero-order valence-corrected chi connectivity index (χ0v) is 34.7. The first-order chi connectivity index (χ1) is 25.1. The monoisotopic (exact) mass is 742 g/mol. The fourth-order valence-electron chi connectivity index (χ4n) is 14.3. The summed E-state index contributed by atoms with van der Waals surface area (Å²) in [6, 6.07) is 3.98. The number of ether oxygens (including phenoxy) is 1. The lowest BCUT2D eigenvalue weighted by Gasteiger charge is -2.72. The van der Waals surface area contributed by atoms with Gasteiger partial charge in [-0.15, -0.1) is 0 Å². The first kappa shape index (κ1) is 39.2. The van der Waals surface area contributed by atoms with Crippen LogP contribution in [0.1, 0.15) is 144 Å². The molecule has 1 aromatic rings. The number of carboxylic acids is 1. The number of esters is 1. The van der Waals surface area contributed by atoms with Crippen LogP contribution in [0.15, 0.2) is 29.5 Å². The Hall–Kier alpha value is -3.03. The molecule has 5 saturated carbocycles. The number of carbonyl (C=O) groups excluding carboxylic acids is 3. The van der Waals surface area contributed by atoms with E-state index in [1.807, 2.05) is 39.1 Å². The summed E-state index contributed by atoms with van der Waals surface area (Å²) in [5, 5.41) is 12.8. The number of amides is 1. The number of hydrogen-bond acceptors (Lipinski definition) is 6. The van der Waals surface area contributed by atoms with Crippen molar-refractivity contribution >= 4 is 23.6 Å². The summed E-state index contributed by atoms with van der Waals surface area (Å²) in [6.45, 7) is 22.8. The van der Waals surface area contributed by atoms with E-state index in [9.17, 15) is 24.3 Å². The van der Waals surface area contributed by atoms with Gasteiger partial charge in [0.2, 0.25) is 5.91 Å². The highest BCUT2D eigenvalue weighted by Crippen LogP contribution is 2.77. The Morgan fingerprint density at radius 3 is 2.24 bits per heavy atom. The molecule has 0 radical (unpaired) electrons. The third kappa shape index (κ3) is 5.67. The molecule has 0 unspecified atom stereocenters. The van der Waals surface area contributed by atoms with Gasteiger partial charge in [-0.3, -0.25) is 24.2 Å². The van der Waals surface area contributed by atoms with Crippen LogP contribution in [0.25, 0.3) is 0 Å². The van der Waals surface area contributed by atoms with Gasteiger partial charge in [-0.25, -0.2) is 0 Å². The van der Waals surface area contributed by atoms with Crippen molar-refractivity contribution in [3.63, 3.8) is 0 Å². The molecule has 1 heterocycles. The number of fused-ring (bicyclic) bond motifs is 7. The Balaban J connectivity index is 1.12. The van der Waals surface area contributed by atoms with Gasteiger partial charge in [0.1, 0.15) is 6.10 Å². The lowest BCUT2D eigenvalue weighted by molar-refractivity contribution is -0.236. The molecule has 7 rings (SSSR count). The number of Topliss-reactive ketones (excluding diaryl/α,β-unsaturated/α-hetero) is 1.